The van der Waals surface area contributed by atoms with Crippen LogP contribution in [0, 0.1) is 5.92 Å². The lowest BCUT2D eigenvalue weighted by Gasteiger charge is -2.13. The van der Waals surface area contributed by atoms with Crippen LogP contribution in [0.25, 0.3) is 0 Å². The highest BCUT2D eigenvalue weighted by Gasteiger charge is 2.17. The van der Waals surface area contributed by atoms with E-state index < -0.39 is 5.97 Å². The van der Waals surface area contributed by atoms with Gasteiger partial charge in [-0.2, -0.15) is 0 Å². The van der Waals surface area contributed by atoms with Gasteiger partial charge in [-0.1, -0.05) is 30.3 Å². The highest BCUT2D eigenvalue weighted by Crippen LogP contribution is 2.15. The van der Waals surface area contributed by atoms with E-state index in [4.69, 9.17) is 4.74 Å². The zero-order valence-corrected chi connectivity index (χ0v) is 11.1. The number of hydrogen-bond donors (Lipinski definition) is 1. The van der Waals surface area contributed by atoms with Gasteiger partial charge in [0.15, 0.2) is 0 Å². The number of ether oxygens (including phenoxy) is 1. The van der Waals surface area contributed by atoms with Gasteiger partial charge in [0.25, 0.3) is 0 Å². The molecular weight excluding hydrogens is 228 g/mol. The van der Waals surface area contributed by atoms with E-state index in [0.29, 0.717) is 19.4 Å². The number of rotatable bonds is 8. The van der Waals surface area contributed by atoms with E-state index in [1.165, 1.54) is 0 Å². The van der Waals surface area contributed by atoms with Crippen LogP contribution in [0.5, 0.6) is 0 Å². The SMILES string of the molecule is CC(C)OCCCC(Cc1ccccc1)C(=O)O. The summed E-state index contributed by atoms with van der Waals surface area (Å²) < 4.78 is 5.43. The summed E-state index contributed by atoms with van der Waals surface area (Å²) >= 11 is 0. The van der Waals surface area contributed by atoms with Crippen molar-refractivity contribution >= 4 is 5.97 Å². The Bertz CT molecular complexity index is 346. The Morgan fingerprint density at radius 1 is 1.28 bits per heavy atom. The first-order valence-electron chi connectivity index (χ1n) is 6.48. The molecule has 1 rings (SSSR count). The van der Waals surface area contributed by atoms with E-state index in [-0.39, 0.29) is 12.0 Å². The zero-order valence-electron chi connectivity index (χ0n) is 11.1. The Morgan fingerprint density at radius 2 is 1.94 bits per heavy atom. The normalized spacial score (nSPS) is 12.6. The fourth-order valence-corrected chi connectivity index (χ4v) is 1.86. The van der Waals surface area contributed by atoms with E-state index >= 15 is 0 Å². The predicted molar refractivity (Wildman–Crippen MR) is 71.6 cm³/mol. The van der Waals surface area contributed by atoms with Gasteiger partial charge in [-0.15, -0.1) is 0 Å². The monoisotopic (exact) mass is 250 g/mol. The van der Waals surface area contributed by atoms with E-state index in [1.54, 1.807) is 0 Å². The first-order chi connectivity index (χ1) is 8.59. The lowest BCUT2D eigenvalue weighted by Crippen LogP contribution is -2.17. The van der Waals surface area contributed by atoms with Crippen molar-refractivity contribution in [1.82, 2.24) is 0 Å². The number of benzene rings is 1. The standard InChI is InChI=1S/C15H22O3/c1-12(2)18-10-6-9-14(15(16)17)11-13-7-4-3-5-8-13/h3-5,7-8,12,14H,6,9-11H2,1-2H3,(H,16,17). The molecule has 0 amide bonds. The van der Waals surface area contributed by atoms with Crippen molar-refractivity contribution in [3.05, 3.63) is 35.9 Å². The van der Waals surface area contributed by atoms with Crippen LogP contribution in [0.15, 0.2) is 30.3 Å². The van der Waals surface area contributed by atoms with Crippen LogP contribution >= 0.6 is 0 Å². The van der Waals surface area contributed by atoms with Crippen LogP contribution in [0.4, 0.5) is 0 Å². The van der Waals surface area contributed by atoms with Crippen molar-refractivity contribution in [3.63, 3.8) is 0 Å². The fraction of sp³-hybridized carbons (Fsp3) is 0.533. The summed E-state index contributed by atoms with van der Waals surface area (Å²) in [5.41, 5.74) is 1.08. The van der Waals surface area contributed by atoms with Gasteiger partial charge in [-0.05, 0) is 38.7 Å². The summed E-state index contributed by atoms with van der Waals surface area (Å²) in [6.45, 7) is 4.60. The number of carboxylic acid groups (broad SMARTS) is 1. The molecular formula is C15H22O3. The van der Waals surface area contributed by atoms with Crippen LogP contribution in [-0.4, -0.2) is 23.8 Å². The third-order valence-electron chi connectivity index (χ3n) is 2.82. The maximum atomic E-state index is 11.2. The molecule has 100 valence electrons. The molecule has 0 heterocycles. The number of aliphatic carboxylic acids is 1. The third kappa shape index (κ3) is 5.82. The largest absolute Gasteiger partial charge is 0.481 e. The quantitative estimate of drug-likeness (QED) is 0.721. The Hall–Kier alpha value is -1.35. The van der Waals surface area contributed by atoms with Gasteiger partial charge >= 0.3 is 5.97 Å². The number of hydrogen-bond acceptors (Lipinski definition) is 2. The third-order valence-corrected chi connectivity index (χ3v) is 2.82. The lowest BCUT2D eigenvalue weighted by molar-refractivity contribution is -0.142. The second kappa shape index (κ2) is 7.88. The highest BCUT2D eigenvalue weighted by atomic mass is 16.5. The molecule has 18 heavy (non-hydrogen) atoms. The Morgan fingerprint density at radius 3 is 2.50 bits per heavy atom. The van der Waals surface area contributed by atoms with Crippen LogP contribution < -0.4 is 0 Å². The van der Waals surface area contributed by atoms with Gasteiger partial charge in [0.2, 0.25) is 0 Å². The molecule has 1 unspecified atom stereocenters. The van der Waals surface area contributed by atoms with Gasteiger partial charge < -0.3 is 9.84 Å². The molecule has 0 saturated heterocycles. The second-order valence-corrected chi connectivity index (χ2v) is 4.79. The van der Waals surface area contributed by atoms with E-state index in [1.807, 2.05) is 44.2 Å². The topological polar surface area (TPSA) is 46.5 Å². The minimum Gasteiger partial charge on any atom is -0.481 e. The van der Waals surface area contributed by atoms with E-state index in [9.17, 15) is 9.90 Å². The minimum atomic E-state index is -0.719. The van der Waals surface area contributed by atoms with Crippen molar-refractivity contribution in [1.29, 1.82) is 0 Å². The van der Waals surface area contributed by atoms with E-state index in [2.05, 4.69) is 0 Å². The van der Waals surface area contributed by atoms with Crippen LogP contribution in [0.3, 0.4) is 0 Å². The average Bonchev–Trinajstić information content (AvgIpc) is 2.33. The Kier molecular flexibility index (Phi) is 6.44. The van der Waals surface area contributed by atoms with Gasteiger partial charge in [0.05, 0.1) is 12.0 Å². The molecule has 0 aliphatic rings. The maximum Gasteiger partial charge on any atom is 0.306 e. The zero-order chi connectivity index (χ0) is 13.4. The minimum absolute atomic E-state index is 0.211. The average molecular weight is 250 g/mol. The van der Waals surface area contributed by atoms with Gasteiger partial charge in [-0.3, -0.25) is 4.79 Å². The van der Waals surface area contributed by atoms with Crippen molar-refractivity contribution in [3.8, 4) is 0 Å². The first-order valence-corrected chi connectivity index (χ1v) is 6.48. The molecule has 0 fully saturated rings. The maximum absolute atomic E-state index is 11.2. The molecule has 0 aromatic heterocycles. The first kappa shape index (κ1) is 14.7. The lowest BCUT2D eigenvalue weighted by atomic mass is 9.95. The molecule has 1 N–H and O–H groups in total. The summed E-state index contributed by atoms with van der Waals surface area (Å²) in [5, 5.41) is 9.20. The molecule has 0 spiro atoms. The molecule has 0 radical (unpaired) electrons. The molecule has 0 saturated carbocycles. The van der Waals surface area contributed by atoms with Crippen molar-refractivity contribution in [2.24, 2.45) is 5.92 Å². The van der Waals surface area contributed by atoms with Crippen LogP contribution in [0.2, 0.25) is 0 Å². The summed E-state index contributed by atoms with van der Waals surface area (Å²) in [4.78, 5) is 11.2. The molecule has 1 aromatic carbocycles. The summed E-state index contributed by atoms with van der Waals surface area (Å²) in [6.07, 6.45) is 2.26. The van der Waals surface area contributed by atoms with Crippen molar-refractivity contribution in [2.45, 2.75) is 39.2 Å². The Balaban J connectivity index is 2.39. The summed E-state index contributed by atoms with van der Waals surface area (Å²) in [7, 11) is 0. The smallest absolute Gasteiger partial charge is 0.306 e. The molecule has 1 aromatic rings. The number of carboxylic acids is 1. The van der Waals surface area contributed by atoms with E-state index in [0.717, 1.165) is 12.0 Å². The van der Waals surface area contributed by atoms with Gasteiger partial charge in [-0.25, -0.2) is 0 Å². The fourth-order valence-electron chi connectivity index (χ4n) is 1.86. The van der Waals surface area contributed by atoms with Crippen molar-refractivity contribution < 1.29 is 14.6 Å². The van der Waals surface area contributed by atoms with Crippen molar-refractivity contribution in [2.75, 3.05) is 6.61 Å². The predicted octanol–water partition coefficient (Wildman–Crippen LogP) is 3.14. The molecule has 0 bridgehead atoms. The molecule has 3 nitrogen and oxygen atoms in total. The van der Waals surface area contributed by atoms with Gasteiger partial charge in [0.1, 0.15) is 0 Å². The Labute approximate surface area is 109 Å². The molecule has 0 aliphatic carbocycles. The number of carbonyl (C=O) groups is 1. The van der Waals surface area contributed by atoms with Crippen LogP contribution in [0.1, 0.15) is 32.3 Å². The molecule has 0 aliphatic heterocycles. The second-order valence-electron chi connectivity index (χ2n) is 4.79. The van der Waals surface area contributed by atoms with Crippen LogP contribution in [-0.2, 0) is 16.0 Å². The summed E-state index contributed by atoms with van der Waals surface area (Å²) in [6, 6.07) is 9.77. The molecule has 3 heteroatoms. The molecule has 1 atom stereocenters. The highest BCUT2D eigenvalue weighted by molar-refractivity contribution is 5.70. The summed E-state index contributed by atoms with van der Waals surface area (Å²) in [5.74, 6) is -1.04. The van der Waals surface area contributed by atoms with Gasteiger partial charge in [0, 0.05) is 6.61 Å².